The van der Waals surface area contributed by atoms with E-state index in [4.69, 9.17) is 0 Å². The minimum Gasteiger partial charge on any atom is -0.336 e. The summed E-state index contributed by atoms with van der Waals surface area (Å²) in [6.07, 6.45) is 3.01. The fourth-order valence-electron chi connectivity index (χ4n) is 2.99. The summed E-state index contributed by atoms with van der Waals surface area (Å²) in [6, 6.07) is 7.33. The largest absolute Gasteiger partial charge is 0.336 e. The summed E-state index contributed by atoms with van der Waals surface area (Å²) in [6.45, 7) is 4.12. The van der Waals surface area contributed by atoms with Crippen molar-refractivity contribution in [1.29, 1.82) is 0 Å². The summed E-state index contributed by atoms with van der Waals surface area (Å²) in [5.74, 6) is -0.0183. The minimum absolute atomic E-state index is 0. The molecule has 23 heavy (non-hydrogen) atoms. The van der Waals surface area contributed by atoms with Crippen LogP contribution in [0, 0.1) is 0 Å². The molecular formula is C16H23ClN4O2. The van der Waals surface area contributed by atoms with Gasteiger partial charge in [0.1, 0.15) is 0 Å². The Balaban J connectivity index is 0.00000192. The zero-order valence-corrected chi connectivity index (χ0v) is 14.0. The molecule has 3 rings (SSSR count). The maximum atomic E-state index is 12.5. The third-order valence-electron chi connectivity index (χ3n) is 4.39. The van der Waals surface area contributed by atoms with Crippen molar-refractivity contribution < 1.29 is 9.59 Å². The Labute approximate surface area is 142 Å². The SMILES string of the molecule is CC1(C(=O)Nc2cccc(N3CCNC3=O)c2)CCCCN1.Cl. The normalized spacial score (nSPS) is 23.9. The topological polar surface area (TPSA) is 73.5 Å². The van der Waals surface area contributed by atoms with Crippen LogP contribution in [0.25, 0.3) is 0 Å². The van der Waals surface area contributed by atoms with Crippen molar-refractivity contribution in [3.8, 4) is 0 Å². The standard InChI is InChI=1S/C16H22N4O2.ClH/c1-16(7-2-3-8-18-16)14(21)19-12-5-4-6-13(11-12)20-10-9-17-15(20)22;/h4-6,11,18H,2-3,7-10H2,1H3,(H,17,22)(H,19,21);1H. The van der Waals surface area contributed by atoms with Gasteiger partial charge in [0.25, 0.3) is 0 Å². The van der Waals surface area contributed by atoms with Crippen molar-refractivity contribution >= 4 is 35.7 Å². The first-order valence-corrected chi connectivity index (χ1v) is 7.80. The van der Waals surface area contributed by atoms with Gasteiger partial charge in [0.2, 0.25) is 5.91 Å². The van der Waals surface area contributed by atoms with Gasteiger partial charge in [0.05, 0.1) is 5.54 Å². The van der Waals surface area contributed by atoms with E-state index in [1.165, 1.54) is 0 Å². The average molecular weight is 339 g/mol. The number of benzene rings is 1. The lowest BCUT2D eigenvalue weighted by molar-refractivity contribution is -0.122. The lowest BCUT2D eigenvalue weighted by Crippen LogP contribution is -2.54. The van der Waals surface area contributed by atoms with Crippen molar-refractivity contribution in [2.45, 2.75) is 31.7 Å². The predicted octanol–water partition coefficient (Wildman–Crippen LogP) is 2.11. The van der Waals surface area contributed by atoms with E-state index in [9.17, 15) is 9.59 Å². The Hall–Kier alpha value is -1.79. The van der Waals surface area contributed by atoms with E-state index in [1.54, 1.807) is 4.90 Å². The van der Waals surface area contributed by atoms with Crippen LogP contribution in [0.2, 0.25) is 0 Å². The van der Waals surface area contributed by atoms with Gasteiger partial charge in [-0.25, -0.2) is 4.79 Å². The molecule has 0 aliphatic carbocycles. The molecule has 7 heteroatoms. The molecule has 2 heterocycles. The summed E-state index contributed by atoms with van der Waals surface area (Å²) in [4.78, 5) is 25.9. The molecule has 0 spiro atoms. The monoisotopic (exact) mass is 338 g/mol. The zero-order valence-electron chi connectivity index (χ0n) is 13.2. The second-order valence-corrected chi connectivity index (χ2v) is 6.10. The quantitative estimate of drug-likeness (QED) is 0.790. The van der Waals surface area contributed by atoms with Gasteiger partial charge < -0.3 is 16.0 Å². The molecule has 2 saturated heterocycles. The molecule has 3 N–H and O–H groups in total. The molecule has 0 bridgehead atoms. The van der Waals surface area contributed by atoms with Crippen molar-refractivity contribution in [3.63, 3.8) is 0 Å². The van der Waals surface area contributed by atoms with Crippen LogP contribution in [0.3, 0.4) is 0 Å². The van der Waals surface area contributed by atoms with Gasteiger partial charge in [0.15, 0.2) is 0 Å². The smallest absolute Gasteiger partial charge is 0.321 e. The van der Waals surface area contributed by atoms with E-state index in [-0.39, 0.29) is 24.3 Å². The van der Waals surface area contributed by atoms with Crippen LogP contribution in [0.1, 0.15) is 26.2 Å². The summed E-state index contributed by atoms with van der Waals surface area (Å²) < 4.78 is 0. The van der Waals surface area contributed by atoms with E-state index in [2.05, 4.69) is 16.0 Å². The van der Waals surface area contributed by atoms with E-state index in [1.807, 2.05) is 31.2 Å². The first-order chi connectivity index (χ1) is 10.6. The van der Waals surface area contributed by atoms with Crippen LogP contribution in [-0.4, -0.2) is 37.1 Å². The van der Waals surface area contributed by atoms with Gasteiger partial charge in [-0.1, -0.05) is 6.07 Å². The Bertz CT molecular complexity index is 587. The number of hydrogen-bond donors (Lipinski definition) is 3. The molecule has 1 atom stereocenters. The molecule has 2 aliphatic heterocycles. The lowest BCUT2D eigenvalue weighted by Gasteiger charge is -2.33. The molecule has 0 radical (unpaired) electrons. The fraction of sp³-hybridized carbons (Fsp3) is 0.500. The van der Waals surface area contributed by atoms with Crippen LogP contribution in [0.15, 0.2) is 24.3 Å². The van der Waals surface area contributed by atoms with Crippen molar-refractivity contribution in [1.82, 2.24) is 10.6 Å². The zero-order chi connectivity index (χ0) is 15.6. The first kappa shape index (κ1) is 17.6. The number of halogens is 1. The molecule has 0 saturated carbocycles. The molecule has 126 valence electrons. The van der Waals surface area contributed by atoms with Gasteiger partial charge in [-0.2, -0.15) is 0 Å². The molecule has 1 unspecified atom stereocenters. The van der Waals surface area contributed by atoms with E-state index in [0.717, 1.165) is 37.2 Å². The number of hydrogen-bond acceptors (Lipinski definition) is 3. The third-order valence-corrected chi connectivity index (χ3v) is 4.39. The highest BCUT2D eigenvalue weighted by Crippen LogP contribution is 2.24. The number of piperidine rings is 1. The van der Waals surface area contributed by atoms with Gasteiger partial charge >= 0.3 is 6.03 Å². The minimum atomic E-state index is -0.515. The van der Waals surface area contributed by atoms with Crippen LogP contribution >= 0.6 is 12.4 Å². The highest BCUT2D eigenvalue weighted by molar-refractivity contribution is 5.99. The Morgan fingerprint density at radius 1 is 1.30 bits per heavy atom. The van der Waals surface area contributed by atoms with Crippen molar-refractivity contribution in [3.05, 3.63) is 24.3 Å². The summed E-state index contributed by atoms with van der Waals surface area (Å²) in [5.41, 5.74) is 1.00. The maximum Gasteiger partial charge on any atom is 0.321 e. The number of carbonyl (C=O) groups excluding carboxylic acids is 2. The molecule has 2 fully saturated rings. The number of nitrogens with one attached hydrogen (secondary N) is 3. The van der Waals surface area contributed by atoms with Crippen LogP contribution < -0.4 is 20.9 Å². The van der Waals surface area contributed by atoms with Gasteiger partial charge in [-0.05, 0) is 50.9 Å². The van der Waals surface area contributed by atoms with E-state index in [0.29, 0.717) is 13.1 Å². The van der Waals surface area contributed by atoms with Crippen LogP contribution in [0.5, 0.6) is 0 Å². The Kier molecular flexibility index (Phi) is 5.49. The second-order valence-electron chi connectivity index (χ2n) is 6.10. The van der Waals surface area contributed by atoms with E-state index < -0.39 is 5.54 Å². The van der Waals surface area contributed by atoms with Gasteiger partial charge in [-0.15, -0.1) is 12.4 Å². The van der Waals surface area contributed by atoms with E-state index >= 15 is 0 Å². The molecule has 3 amide bonds. The fourth-order valence-corrected chi connectivity index (χ4v) is 2.99. The van der Waals surface area contributed by atoms with Crippen LogP contribution in [-0.2, 0) is 4.79 Å². The molecule has 6 nitrogen and oxygen atoms in total. The summed E-state index contributed by atoms with van der Waals surface area (Å²) >= 11 is 0. The van der Waals surface area contributed by atoms with Crippen LogP contribution in [0.4, 0.5) is 16.2 Å². The average Bonchev–Trinajstić information content (AvgIpc) is 2.94. The number of urea groups is 1. The number of rotatable bonds is 3. The predicted molar refractivity (Wildman–Crippen MR) is 93.3 cm³/mol. The van der Waals surface area contributed by atoms with Gasteiger partial charge in [-0.3, -0.25) is 9.69 Å². The molecule has 0 aromatic heterocycles. The second kappa shape index (κ2) is 7.19. The van der Waals surface area contributed by atoms with Gasteiger partial charge in [0, 0.05) is 24.5 Å². The number of anilines is 2. The molecule has 1 aromatic rings. The molecule has 2 aliphatic rings. The summed E-state index contributed by atoms with van der Waals surface area (Å²) in [5, 5.41) is 9.05. The summed E-state index contributed by atoms with van der Waals surface area (Å²) in [7, 11) is 0. The van der Waals surface area contributed by atoms with Crippen molar-refractivity contribution in [2.75, 3.05) is 29.9 Å². The number of amides is 3. The molecular weight excluding hydrogens is 316 g/mol. The highest BCUT2D eigenvalue weighted by Gasteiger charge is 2.34. The Morgan fingerprint density at radius 3 is 2.78 bits per heavy atom. The third kappa shape index (κ3) is 3.76. The Morgan fingerprint density at radius 2 is 2.13 bits per heavy atom. The number of carbonyl (C=O) groups is 2. The molecule has 1 aromatic carbocycles. The highest BCUT2D eigenvalue weighted by atomic mass is 35.5. The maximum absolute atomic E-state index is 12.5. The first-order valence-electron chi connectivity index (χ1n) is 7.80. The lowest BCUT2D eigenvalue weighted by atomic mass is 9.90. The van der Waals surface area contributed by atoms with Crippen molar-refractivity contribution in [2.24, 2.45) is 0 Å². The number of nitrogens with zero attached hydrogens (tertiary/aromatic N) is 1.